The molecule has 1 aliphatic heterocycles. The molecule has 0 spiro atoms. The molecule has 1 atom stereocenters. The van der Waals surface area contributed by atoms with E-state index >= 15 is 0 Å². The summed E-state index contributed by atoms with van der Waals surface area (Å²) in [6.45, 7) is 5.21. The van der Waals surface area contributed by atoms with Gasteiger partial charge in [-0.15, -0.1) is 0 Å². The Morgan fingerprint density at radius 2 is 1.93 bits per heavy atom. The minimum Gasteiger partial charge on any atom is -0.465 e. The molecular formula is C19H23N3O5. The van der Waals surface area contributed by atoms with Gasteiger partial charge in [-0.2, -0.15) is 0 Å². The molecule has 0 bridgehead atoms. The summed E-state index contributed by atoms with van der Waals surface area (Å²) in [7, 11) is 0. The molecule has 0 radical (unpaired) electrons. The number of non-ortho nitro benzene ring substituents is 1. The minimum absolute atomic E-state index is 0.0136. The first kappa shape index (κ1) is 19.1. The van der Waals surface area contributed by atoms with Crippen LogP contribution >= 0.6 is 0 Å². The third-order valence-electron chi connectivity index (χ3n) is 4.58. The van der Waals surface area contributed by atoms with Crippen molar-refractivity contribution in [2.75, 3.05) is 32.8 Å². The van der Waals surface area contributed by atoms with Gasteiger partial charge in [0.25, 0.3) is 5.69 Å². The molecule has 27 heavy (non-hydrogen) atoms. The highest BCUT2D eigenvalue weighted by atomic mass is 16.6. The monoisotopic (exact) mass is 373 g/mol. The van der Waals surface area contributed by atoms with Crippen LogP contribution in [-0.4, -0.2) is 48.6 Å². The van der Waals surface area contributed by atoms with Crippen LogP contribution in [0.15, 0.2) is 40.8 Å². The van der Waals surface area contributed by atoms with Gasteiger partial charge in [-0.25, -0.2) is 0 Å². The maximum Gasteiger partial charge on any atom is 0.269 e. The van der Waals surface area contributed by atoms with Gasteiger partial charge in [0.05, 0.1) is 30.6 Å². The molecule has 1 saturated heterocycles. The molecule has 8 nitrogen and oxygen atoms in total. The fraction of sp³-hybridized carbons (Fsp3) is 0.421. The highest BCUT2D eigenvalue weighted by Crippen LogP contribution is 2.23. The molecule has 1 fully saturated rings. The smallest absolute Gasteiger partial charge is 0.269 e. The van der Waals surface area contributed by atoms with Crippen molar-refractivity contribution in [2.45, 2.75) is 19.4 Å². The zero-order valence-electron chi connectivity index (χ0n) is 15.2. The third kappa shape index (κ3) is 5.15. The summed E-state index contributed by atoms with van der Waals surface area (Å²) in [5, 5.41) is 13.7. The van der Waals surface area contributed by atoms with Crippen LogP contribution in [0, 0.1) is 17.0 Å². The van der Waals surface area contributed by atoms with Crippen LogP contribution < -0.4 is 5.32 Å². The predicted molar refractivity (Wildman–Crippen MR) is 98.4 cm³/mol. The Hall–Kier alpha value is -2.71. The average Bonchev–Trinajstić information content (AvgIpc) is 3.09. The predicted octanol–water partition coefficient (Wildman–Crippen LogP) is 2.23. The molecule has 1 N–H and O–H groups in total. The van der Waals surface area contributed by atoms with Gasteiger partial charge in [-0.1, -0.05) is 12.1 Å². The maximum absolute atomic E-state index is 12.3. The number of benzene rings is 1. The number of nitro groups is 1. The van der Waals surface area contributed by atoms with Gasteiger partial charge in [0.2, 0.25) is 5.91 Å². The van der Waals surface area contributed by atoms with E-state index < -0.39 is 4.92 Å². The normalized spacial score (nSPS) is 16.0. The average molecular weight is 373 g/mol. The number of carbonyl (C=O) groups is 1. The number of rotatable bonds is 7. The van der Waals surface area contributed by atoms with Crippen molar-refractivity contribution in [2.24, 2.45) is 0 Å². The van der Waals surface area contributed by atoms with Crippen molar-refractivity contribution >= 4 is 11.6 Å². The lowest BCUT2D eigenvalue weighted by Gasteiger charge is -2.33. The first-order chi connectivity index (χ1) is 13.0. The number of furan rings is 1. The standard InChI is InChI=1S/C19H23N3O5/c1-14-2-7-18(27-14)17(21-8-10-26-11-9-21)13-20-19(23)12-15-3-5-16(6-4-15)22(24)25/h2-7,17H,8-13H2,1H3,(H,20,23). The number of hydrogen-bond donors (Lipinski definition) is 1. The highest BCUT2D eigenvalue weighted by Gasteiger charge is 2.25. The number of nitro benzene ring substituents is 1. The van der Waals surface area contributed by atoms with E-state index in [4.69, 9.17) is 9.15 Å². The summed E-state index contributed by atoms with van der Waals surface area (Å²) in [4.78, 5) is 24.8. The van der Waals surface area contributed by atoms with Crippen molar-refractivity contribution in [3.63, 3.8) is 0 Å². The second-order valence-corrected chi connectivity index (χ2v) is 6.52. The number of ether oxygens (including phenoxy) is 1. The molecule has 2 aromatic rings. The number of aryl methyl sites for hydroxylation is 1. The van der Waals surface area contributed by atoms with Gasteiger partial charge >= 0.3 is 0 Å². The Balaban J connectivity index is 1.60. The topological polar surface area (TPSA) is 97.8 Å². The Morgan fingerprint density at radius 3 is 2.52 bits per heavy atom. The van der Waals surface area contributed by atoms with Gasteiger partial charge < -0.3 is 14.5 Å². The molecule has 2 heterocycles. The lowest BCUT2D eigenvalue weighted by Crippen LogP contribution is -2.43. The van der Waals surface area contributed by atoms with Gasteiger partial charge in [0.15, 0.2) is 0 Å². The minimum atomic E-state index is -0.456. The maximum atomic E-state index is 12.3. The van der Waals surface area contributed by atoms with Crippen LogP contribution in [0.2, 0.25) is 0 Å². The van der Waals surface area contributed by atoms with E-state index in [0.717, 1.165) is 30.2 Å². The molecular weight excluding hydrogens is 350 g/mol. The molecule has 0 aliphatic carbocycles. The molecule has 1 unspecified atom stereocenters. The van der Waals surface area contributed by atoms with Crippen LogP contribution in [0.4, 0.5) is 5.69 Å². The first-order valence-electron chi connectivity index (χ1n) is 8.91. The zero-order chi connectivity index (χ0) is 19.2. The van der Waals surface area contributed by atoms with Crippen molar-refractivity contribution < 1.29 is 18.9 Å². The van der Waals surface area contributed by atoms with Gasteiger partial charge in [0.1, 0.15) is 11.5 Å². The summed E-state index contributed by atoms with van der Waals surface area (Å²) in [5.41, 5.74) is 0.745. The molecule has 1 aromatic heterocycles. The highest BCUT2D eigenvalue weighted by molar-refractivity contribution is 5.78. The van der Waals surface area contributed by atoms with Crippen molar-refractivity contribution in [3.8, 4) is 0 Å². The second-order valence-electron chi connectivity index (χ2n) is 6.52. The number of hydrogen-bond acceptors (Lipinski definition) is 6. The fourth-order valence-corrected chi connectivity index (χ4v) is 3.13. The van der Waals surface area contributed by atoms with Crippen molar-refractivity contribution in [1.29, 1.82) is 0 Å². The number of morpholine rings is 1. The Kier molecular flexibility index (Phi) is 6.20. The zero-order valence-corrected chi connectivity index (χ0v) is 15.2. The van der Waals surface area contributed by atoms with Crippen molar-refractivity contribution in [3.05, 3.63) is 63.6 Å². The van der Waals surface area contributed by atoms with E-state index in [1.54, 1.807) is 12.1 Å². The quantitative estimate of drug-likeness (QED) is 0.590. The lowest BCUT2D eigenvalue weighted by atomic mass is 10.1. The van der Waals surface area contributed by atoms with Crippen LogP contribution in [0.25, 0.3) is 0 Å². The van der Waals surface area contributed by atoms with E-state index in [-0.39, 0.29) is 24.1 Å². The van der Waals surface area contributed by atoms with Gasteiger partial charge in [0, 0.05) is 31.8 Å². The van der Waals surface area contributed by atoms with Crippen molar-refractivity contribution in [1.82, 2.24) is 10.2 Å². The molecule has 1 amide bonds. The SMILES string of the molecule is Cc1ccc(C(CNC(=O)Cc2ccc([N+](=O)[O-])cc2)N2CCOCC2)o1. The largest absolute Gasteiger partial charge is 0.465 e. The summed E-state index contributed by atoms with van der Waals surface area (Å²) in [6.07, 6.45) is 0.172. The molecule has 1 aromatic carbocycles. The fourth-order valence-electron chi connectivity index (χ4n) is 3.13. The molecule has 144 valence electrons. The van der Waals surface area contributed by atoms with E-state index in [9.17, 15) is 14.9 Å². The summed E-state index contributed by atoms with van der Waals surface area (Å²) in [6, 6.07) is 9.83. The molecule has 8 heteroatoms. The number of nitrogens with one attached hydrogen (secondary N) is 1. The number of carbonyl (C=O) groups excluding carboxylic acids is 1. The number of amides is 1. The molecule has 0 saturated carbocycles. The Bertz CT molecular complexity index is 781. The van der Waals surface area contributed by atoms with Gasteiger partial charge in [-0.05, 0) is 24.6 Å². The molecule has 3 rings (SSSR count). The molecule has 1 aliphatic rings. The van der Waals surface area contributed by atoms with Gasteiger partial charge in [-0.3, -0.25) is 19.8 Å². The number of nitrogens with zero attached hydrogens (tertiary/aromatic N) is 2. The first-order valence-corrected chi connectivity index (χ1v) is 8.91. The van der Waals surface area contributed by atoms with Crippen LogP contribution in [0.3, 0.4) is 0 Å². The Labute approximate surface area is 157 Å². The Morgan fingerprint density at radius 1 is 1.22 bits per heavy atom. The van der Waals surface area contributed by atoms with Crippen LogP contribution in [0.1, 0.15) is 23.1 Å². The van der Waals surface area contributed by atoms with Crippen LogP contribution in [0.5, 0.6) is 0 Å². The summed E-state index contributed by atoms with van der Waals surface area (Å²) < 4.78 is 11.2. The summed E-state index contributed by atoms with van der Waals surface area (Å²) in [5.74, 6) is 1.52. The van der Waals surface area contributed by atoms with E-state index in [0.29, 0.717) is 19.8 Å². The third-order valence-corrected chi connectivity index (χ3v) is 4.58. The van der Waals surface area contributed by atoms with E-state index in [1.165, 1.54) is 12.1 Å². The lowest BCUT2D eigenvalue weighted by molar-refractivity contribution is -0.384. The second kappa shape index (κ2) is 8.79. The summed E-state index contributed by atoms with van der Waals surface area (Å²) >= 11 is 0. The van der Waals surface area contributed by atoms with Crippen LogP contribution in [-0.2, 0) is 16.0 Å². The van der Waals surface area contributed by atoms with E-state index in [1.807, 2.05) is 19.1 Å². The van der Waals surface area contributed by atoms with E-state index in [2.05, 4.69) is 10.2 Å².